The van der Waals surface area contributed by atoms with Gasteiger partial charge in [0.15, 0.2) is 0 Å². The van der Waals surface area contributed by atoms with Crippen LogP contribution >= 0.6 is 0 Å². The second kappa shape index (κ2) is 4.46. The minimum Gasteiger partial charge on any atom is -0.381 e. The Morgan fingerprint density at radius 2 is 1.87 bits per heavy atom. The predicted octanol–water partition coefficient (Wildman–Crippen LogP) is 2.55. The number of benzene rings is 1. The number of nitriles is 1. The topological polar surface area (TPSA) is 33.0 Å². The van der Waals surface area contributed by atoms with Gasteiger partial charge in [-0.25, -0.2) is 0 Å². The molecule has 0 N–H and O–H groups in total. The summed E-state index contributed by atoms with van der Waals surface area (Å²) in [4.78, 5) is 0. The van der Waals surface area contributed by atoms with Crippen molar-refractivity contribution in [3.63, 3.8) is 0 Å². The number of hydrogen-bond donors (Lipinski definition) is 0. The molecule has 2 nitrogen and oxygen atoms in total. The van der Waals surface area contributed by atoms with Gasteiger partial charge in [0.2, 0.25) is 0 Å². The molecule has 1 aromatic carbocycles. The lowest BCUT2D eigenvalue weighted by molar-refractivity contribution is 0.0406. The third-order valence-corrected chi connectivity index (χ3v) is 3.07. The monoisotopic (exact) mass is 201 g/mol. The smallest absolute Gasteiger partial charge is 0.0695 e. The van der Waals surface area contributed by atoms with Crippen molar-refractivity contribution >= 4 is 0 Å². The normalized spacial score (nSPS) is 19.4. The summed E-state index contributed by atoms with van der Waals surface area (Å²) in [5, 5.41) is 9.30. The van der Waals surface area contributed by atoms with Crippen LogP contribution in [0.2, 0.25) is 0 Å². The van der Waals surface area contributed by atoms with Gasteiger partial charge in [0.05, 0.1) is 11.5 Å². The van der Waals surface area contributed by atoms with Crippen LogP contribution in [0.3, 0.4) is 0 Å². The van der Waals surface area contributed by atoms with Crippen LogP contribution in [0.5, 0.6) is 0 Å². The number of ether oxygens (including phenoxy) is 1. The van der Waals surface area contributed by atoms with E-state index in [0.29, 0.717) is 0 Å². The fraction of sp³-hybridized carbons (Fsp3) is 0.462. The highest BCUT2D eigenvalue weighted by Crippen LogP contribution is 2.33. The summed E-state index contributed by atoms with van der Waals surface area (Å²) < 4.78 is 5.31. The maximum absolute atomic E-state index is 9.30. The largest absolute Gasteiger partial charge is 0.381 e. The van der Waals surface area contributed by atoms with E-state index in [9.17, 15) is 5.26 Å². The summed E-state index contributed by atoms with van der Waals surface area (Å²) in [6.45, 7) is 1.45. The molecule has 1 heterocycles. The first-order chi connectivity index (χ1) is 7.35. The standard InChI is InChI=1S/C13H15NO/c14-11-13(6-8-15-9-7-13)10-12-4-2-1-3-5-12/h1-5H,6-10H2. The molecule has 2 rings (SSSR count). The Bertz CT molecular complexity index is 347. The van der Waals surface area contributed by atoms with E-state index in [1.54, 1.807) is 0 Å². The molecule has 0 unspecified atom stereocenters. The fourth-order valence-electron chi connectivity index (χ4n) is 2.08. The lowest BCUT2D eigenvalue weighted by Gasteiger charge is -2.30. The van der Waals surface area contributed by atoms with Crippen molar-refractivity contribution in [2.45, 2.75) is 19.3 Å². The highest BCUT2D eigenvalue weighted by atomic mass is 16.5. The molecule has 0 aromatic heterocycles. The molecule has 2 heteroatoms. The van der Waals surface area contributed by atoms with Crippen LogP contribution in [0, 0.1) is 16.7 Å². The Morgan fingerprint density at radius 3 is 2.47 bits per heavy atom. The number of nitrogens with zero attached hydrogens (tertiary/aromatic N) is 1. The van der Waals surface area contributed by atoms with Crippen LogP contribution in [0.15, 0.2) is 30.3 Å². The summed E-state index contributed by atoms with van der Waals surface area (Å²) in [5.41, 5.74) is 1.06. The predicted molar refractivity (Wildman–Crippen MR) is 58.2 cm³/mol. The molecule has 0 radical (unpaired) electrons. The van der Waals surface area contributed by atoms with Crippen molar-refractivity contribution in [3.8, 4) is 6.07 Å². The van der Waals surface area contributed by atoms with Gasteiger partial charge in [0, 0.05) is 13.2 Å². The summed E-state index contributed by atoms with van der Waals surface area (Å²) in [6, 6.07) is 12.7. The quantitative estimate of drug-likeness (QED) is 0.736. The molecule has 0 spiro atoms. The van der Waals surface area contributed by atoms with Gasteiger partial charge >= 0.3 is 0 Å². The molecular weight excluding hydrogens is 186 g/mol. The van der Waals surface area contributed by atoms with Crippen LogP contribution in [0.1, 0.15) is 18.4 Å². The van der Waals surface area contributed by atoms with Gasteiger partial charge in [-0.15, -0.1) is 0 Å². The van der Waals surface area contributed by atoms with E-state index < -0.39 is 0 Å². The zero-order chi connectivity index (χ0) is 10.6. The van der Waals surface area contributed by atoms with Crippen molar-refractivity contribution in [3.05, 3.63) is 35.9 Å². The van der Waals surface area contributed by atoms with Crippen molar-refractivity contribution in [1.82, 2.24) is 0 Å². The highest BCUT2D eigenvalue weighted by Gasteiger charge is 2.32. The van der Waals surface area contributed by atoms with E-state index >= 15 is 0 Å². The Kier molecular flexibility index (Phi) is 3.03. The Hall–Kier alpha value is -1.33. The lowest BCUT2D eigenvalue weighted by Crippen LogP contribution is -2.30. The molecule has 1 aromatic rings. The summed E-state index contributed by atoms with van der Waals surface area (Å²) in [7, 11) is 0. The summed E-state index contributed by atoms with van der Waals surface area (Å²) >= 11 is 0. The van der Waals surface area contributed by atoms with Crippen LogP contribution in [0.4, 0.5) is 0 Å². The van der Waals surface area contributed by atoms with Gasteiger partial charge in [-0.1, -0.05) is 30.3 Å². The van der Waals surface area contributed by atoms with Gasteiger partial charge in [-0.2, -0.15) is 5.26 Å². The van der Waals surface area contributed by atoms with Gasteiger partial charge in [-0.3, -0.25) is 0 Å². The average molecular weight is 201 g/mol. The number of hydrogen-bond acceptors (Lipinski definition) is 2. The Morgan fingerprint density at radius 1 is 1.20 bits per heavy atom. The first kappa shape index (κ1) is 10.2. The summed E-state index contributed by atoms with van der Waals surface area (Å²) in [5.74, 6) is 0. The maximum Gasteiger partial charge on any atom is 0.0695 e. The molecule has 0 aliphatic carbocycles. The maximum atomic E-state index is 9.30. The van der Waals surface area contributed by atoms with E-state index in [-0.39, 0.29) is 5.41 Å². The lowest BCUT2D eigenvalue weighted by atomic mass is 9.77. The van der Waals surface area contributed by atoms with Gasteiger partial charge in [0.1, 0.15) is 0 Å². The van der Waals surface area contributed by atoms with Gasteiger partial charge in [0.25, 0.3) is 0 Å². The van der Waals surface area contributed by atoms with Crippen LogP contribution < -0.4 is 0 Å². The minimum absolute atomic E-state index is 0.195. The molecule has 1 fully saturated rings. The number of rotatable bonds is 2. The van der Waals surface area contributed by atoms with Crippen molar-refractivity contribution in [1.29, 1.82) is 5.26 Å². The molecule has 1 aliphatic heterocycles. The van der Waals surface area contributed by atoms with Gasteiger partial charge < -0.3 is 4.74 Å². The third kappa shape index (κ3) is 2.37. The second-order valence-corrected chi connectivity index (χ2v) is 4.17. The van der Waals surface area contributed by atoms with E-state index in [4.69, 9.17) is 4.74 Å². The second-order valence-electron chi connectivity index (χ2n) is 4.17. The minimum atomic E-state index is -0.195. The Labute approximate surface area is 90.5 Å². The van der Waals surface area contributed by atoms with Gasteiger partial charge in [-0.05, 0) is 24.8 Å². The first-order valence-electron chi connectivity index (χ1n) is 5.38. The average Bonchev–Trinajstić information content (AvgIpc) is 2.32. The summed E-state index contributed by atoms with van der Waals surface area (Å²) in [6.07, 6.45) is 2.57. The molecule has 78 valence electrons. The van der Waals surface area contributed by atoms with Crippen molar-refractivity contribution in [2.24, 2.45) is 5.41 Å². The first-order valence-corrected chi connectivity index (χ1v) is 5.38. The van der Waals surface area contributed by atoms with Crippen LogP contribution in [-0.2, 0) is 11.2 Å². The fourth-order valence-corrected chi connectivity index (χ4v) is 2.08. The van der Waals surface area contributed by atoms with Crippen LogP contribution in [0.25, 0.3) is 0 Å². The van der Waals surface area contributed by atoms with Crippen LogP contribution in [-0.4, -0.2) is 13.2 Å². The zero-order valence-corrected chi connectivity index (χ0v) is 8.78. The molecule has 1 aliphatic rings. The molecule has 0 bridgehead atoms. The molecular formula is C13H15NO. The third-order valence-electron chi connectivity index (χ3n) is 3.07. The molecule has 0 amide bonds. The highest BCUT2D eigenvalue weighted by molar-refractivity contribution is 5.19. The molecule has 15 heavy (non-hydrogen) atoms. The van der Waals surface area contributed by atoms with Crippen molar-refractivity contribution in [2.75, 3.05) is 13.2 Å². The van der Waals surface area contributed by atoms with Crippen molar-refractivity contribution < 1.29 is 4.74 Å². The zero-order valence-electron chi connectivity index (χ0n) is 8.78. The molecule has 1 saturated heterocycles. The molecule has 0 atom stereocenters. The van der Waals surface area contributed by atoms with E-state index in [1.165, 1.54) is 5.56 Å². The van der Waals surface area contributed by atoms with E-state index in [0.717, 1.165) is 32.5 Å². The van der Waals surface area contributed by atoms with E-state index in [2.05, 4.69) is 18.2 Å². The Balaban J connectivity index is 2.12. The van der Waals surface area contributed by atoms with E-state index in [1.807, 2.05) is 18.2 Å². The SMILES string of the molecule is N#CC1(Cc2ccccc2)CCOCC1. The molecule has 0 saturated carbocycles.